The van der Waals surface area contributed by atoms with Gasteiger partial charge in [0.15, 0.2) is 0 Å². The predicted molar refractivity (Wildman–Crippen MR) is 101 cm³/mol. The van der Waals surface area contributed by atoms with Crippen molar-refractivity contribution < 1.29 is 4.74 Å². The van der Waals surface area contributed by atoms with Gasteiger partial charge in [-0.1, -0.05) is 17.7 Å². The van der Waals surface area contributed by atoms with Gasteiger partial charge in [0.1, 0.15) is 5.75 Å². The summed E-state index contributed by atoms with van der Waals surface area (Å²) in [5.41, 5.74) is 8.58. The molecule has 2 aromatic carbocycles. The first kappa shape index (κ1) is 16.2. The molecular weight excluding hydrogens is 318 g/mol. The molecule has 0 aliphatic heterocycles. The van der Waals surface area contributed by atoms with Crippen LogP contribution in [0.15, 0.2) is 52.9 Å². The molecule has 122 valence electrons. The summed E-state index contributed by atoms with van der Waals surface area (Å²) in [7, 11) is 1.65. The number of hydrogen-bond donors (Lipinski definition) is 1. The molecule has 0 bridgehead atoms. The molecule has 0 aliphatic rings. The zero-order valence-corrected chi connectivity index (χ0v) is 14.7. The molecule has 0 saturated heterocycles. The van der Waals surface area contributed by atoms with Crippen LogP contribution < -0.4 is 10.2 Å². The minimum absolute atomic E-state index is 0.774. The Labute approximate surface area is 145 Å². The number of ether oxygens (including phenoxy) is 1. The smallest absolute Gasteiger partial charge is 0.203 e. The van der Waals surface area contributed by atoms with Crippen LogP contribution in [0.5, 0.6) is 5.75 Å². The summed E-state index contributed by atoms with van der Waals surface area (Å²) in [5.74, 6) is 0.832. The first-order chi connectivity index (χ1) is 11.7. The van der Waals surface area contributed by atoms with Crippen molar-refractivity contribution >= 4 is 22.7 Å². The fraction of sp³-hybridized carbons (Fsp3) is 0.158. The number of thiazole rings is 1. The zero-order valence-electron chi connectivity index (χ0n) is 13.9. The van der Waals surface area contributed by atoms with Gasteiger partial charge < -0.3 is 4.74 Å². The minimum atomic E-state index is 0.774. The first-order valence-electron chi connectivity index (χ1n) is 7.62. The summed E-state index contributed by atoms with van der Waals surface area (Å²) < 4.78 is 5.14. The van der Waals surface area contributed by atoms with Crippen LogP contribution in [-0.2, 0) is 0 Å². The Balaban J connectivity index is 1.69. The van der Waals surface area contributed by atoms with Gasteiger partial charge >= 0.3 is 0 Å². The lowest BCUT2D eigenvalue weighted by atomic mass is 10.0. The van der Waals surface area contributed by atoms with Gasteiger partial charge in [0, 0.05) is 10.9 Å². The lowest BCUT2D eigenvalue weighted by molar-refractivity contribution is 0.415. The number of hydrogen-bond acceptors (Lipinski definition) is 5. The lowest BCUT2D eigenvalue weighted by Crippen LogP contribution is -1.91. The second-order valence-electron chi connectivity index (χ2n) is 5.50. The lowest BCUT2D eigenvalue weighted by Gasteiger charge is -2.03. The van der Waals surface area contributed by atoms with E-state index in [1.807, 2.05) is 29.6 Å². The number of aromatic nitrogens is 1. The molecule has 1 N–H and O–H groups in total. The number of nitrogens with one attached hydrogen (secondary N) is 1. The van der Waals surface area contributed by atoms with Crippen molar-refractivity contribution in [2.75, 3.05) is 12.5 Å². The van der Waals surface area contributed by atoms with Crippen molar-refractivity contribution in [2.45, 2.75) is 13.8 Å². The molecule has 3 aromatic rings. The molecule has 0 radical (unpaired) electrons. The van der Waals surface area contributed by atoms with Crippen molar-refractivity contribution in [1.82, 2.24) is 4.98 Å². The average molecular weight is 337 g/mol. The SMILES string of the molecule is COc1ccc(/C=N/Nc2nc(-c3cc(C)ccc3C)cs2)cc1. The highest BCUT2D eigenvalue weighted by molar-refractivity contribution is 7.14. The Hall–Kier alpha value is -2.66. The number of rotatable bonds is 5. The van der Waals surface area contributed by atoms with Crippen LogP contribution in [0.3, 0.4) is 0 Å². The quantitative estimate of drug-likeness (QED) is 0.533. The van der Waals surface area contributed by atoms with Crippen molar-refractivity contribution in [1.29, 1.82) is 0 Å². The van der Waals surface area contributed by atoms with Gasteiger partial charge in [-0.3, -0.25) is 5.43 Å². The Morgan fingerprint density at radius 1 is 1.12 bits per heavy atom. The van der Waals surface area contributed by atoms with Crippen molar-refractivity contribution in [3.05, 3.63) is 64.5 Å². The number of nitrogens with zero attached hydrogens (tertiary/aromatic N) is 2. The number of hydrazone groups is 1. The van der Waals surface area contributed by atoms with Crippen molar-refractivity contribution in [2.24, 2.45) is 5.10 Å². The topological polar surface area (TPSA) is 46.5 Å². The van der Waals surface area contributed by atoms with Gasteiger partial charge in [-0.15, -0.1) is 11.3 Å². The Morgan fingerprint density at radius 3 is 2.67 bits per heavy atom. The third-order valence-electron chi connectivity index (χ3n) is 3.66. The summed E-state index contributed by atoms with van der Waals surface area (Å²) in [6.07, 6.45) is 1.76. The predicted octanol–water partition coefficient (Wildman–Crippen LogP) is 4.88. The highest BCUT2D eigenvalue weighted by Gasteiger charge is 2.07. The van der Waals surface area contributed by atoms with E-state index in [-0.39, 0.29) is 0 Å². The van der Waals surface area contributed by atoms with Crippen LogP contribution in [0.2, 0.25) is 0 Å². The maximum Gasteiger partial charge on any atom is 0.203 e. The normalized spacial score (nSPS) is 11.0. The van der Waals surface area contributed by atoms with Crippen LogP contribution >= 0.6 is 11.3 Å². The van der Waals surface area contributed by atoms with E-state index in [0.717, 1.165) is 22.1 Å². The first-order valence-corrected chi connectivity index (χ1v) is 8.50. The summed E-state index contributed by atoms with van der Waals surface area (Å²) >= 11 is 1.54. The fourth-order valence-electron chi connectivity index (χ4n) is 2.31. The minimum Gasteiger partial charge on any atom is -0.497 e. The summed E-state index contributed by atoms with van der Waals surface area (Å²) in [6.45, 7) is 4.19. The second-order valence-corrected chi connectivity index (χ2v) is 6.36. The van der Waals surface area contributed by atoms with E-state index in [1.54, 1.807) is 24.7 Å². The molecule has 0 spiro atoms. The average Bonchev–Trinajstić information content (AvgIpc) is 3.06. The van der Waals surface area contributed by atoms with E-state index in [2.05, 4.69) is 47.6 Å². The van der Waals surface area contributed by atoms with Gasteiger partial charge in [-0.2, -0.15) is 5.10 Å². The molecule has 1 aromatic heterocycles. The monoisotopic (exact) mass is 337 g/mol. The van der Waals surface area contributed by atoms with Gasteiger partial charge in [0.05, 0.1) is 19.0 Å². The molecule has 1 heterocycles. The molecule has 0 amide bonds. The number of methoxy groups -OCH3 is 1. The number of anilines is 1. The third-order valence-corrected chi connectivity index (χ3v) is 4.41. The Morgan fingerprint density at radius 2 is 1.92 bits per heavy atom. The highest BCUT2D eigenvalue weighted by atomic mass is 32.1. The van der Waals surface area contributed by atoms with E-state index in [0.29, 0.717) is 0 Å². The molecule has 24 heavy (non-hydrogen) atoms. The number of aryl methyl sites for hydroxylation is 2. The molecule has 3 rings (SSSR count). The molecule has 0 unspecified atom stereocenters. The van der Waals surface area contributed by atoms with Crippen LogP contribution in [0, 0.1) is 13.8 Å². The third kappa shape index (κ3) is 3.81. The van der Waals surface area contributed by atoms with E-state index < -0.39 is 0 Å². The van der Waals surface area contributed by atoms with Crippen LogP contribution in [0.4, 0.5) is 5.13 Å². The molecular formula is C19H19N3OS. The molecule has 5 heteroatoms. The molecule has 4 nitrogen and oxygen atoms in total. The van der Waals surface area contributed by atoms with Gasteiger partial charge in [0.2, 0.25) is 5.13 Å². The maximum atomic E-state index is 5.14. The maximum absolute atomic E-state index is 5.14. The summed E-state index contributed by atoms with van der Waals surface area (Å²) in [4.78, 5) is 4.61. The summed E-state index contributed by atoms with van der Waals surface area (Å²) in [5, 5.41) is 7.07. The van der Waals surface area contributed by atoms with Gasteiger partial charge in [-0.25, -0.2) is 4.98 Å². The van der Waals surface area contributed by atoms with Crippen molar-refractivity contribution in [3.8, 4) is 17.0 Å². The van der Waals surface area contributed by atoms with Crippen LogP contribution in [0.1, 0.15) is 16.7 Å². The molecule has 0 atom stereocenters. The molecule has 0 saturated carbocycles. The summed E-state index contributed by atoms with van der Waals surface area (Å²) in [6, 6.07) is 14.1. The highest BCUT2D eigenvalue weighted by Crippen LogP contribution is 2.28. The standard InChI is InChI=1S/C19H19N3OS/c1-13-4-5-14(2)17(10-13)18-12-24-19(21-18)22-20-11-15-6-8-16(23-3)9-7-15/h4-12H,1-3H3,(H,21,22)/b20-11+. The number of benzene rings is 2. The molecule has 0 aliphatic carbocycles. The Kier molecular flexibility index (Phi) is 4.91. The fourth-order valence-corrected chi connectivity index (χ4v) is 2.97. The van der Waals surface area contributed by atoms with E-state index in [1.165, 1.54) is 16.7 Å². The zero-order chi connectivity index (χ0) is 16.9. The van der Waals surface area contributed by atoms with E-state index in [4.69, 9.17) is 4.74 Å². The van der Waals surface area contributed by atoms with E-state index in [9.17, 15) is 0 Å². The largest absolute Gasteiger partial charge is 0.497 e. The van der Waals surface area contributed by atoms with E-state index >= 15 is 0 Å². The molecule has 0 fully saturated rings. The van der Waals surface area contributed by atoms with Crippen molar-refractivity contribution in [3.63, 3.8) is 0 Å². The van der Waals surface area contributed by atoms with Gasteiger partial charge in [-0.05, 0) is 55.3 Å². The van der Waals surface area contributed by atoms with Crippen LogP contribution in [-0.4, -0.2) is 18.3 Å². The second kappa shape index (κ2) is 7.27. The van der Waals surface area contributed by atoms with Crippen LogP contribution in [0.25, 0.3) is 11.3 Å². The Bertz CT molecular complexity index is 853. The van der Waals surface area contributed by atoms with Gasteiger partial charge in [0.25, 0.3) is 0 Å².